The van der Waals surface area contributed by atoms with Crippen molar-refractivity contribution in [1.82, 2.24) is 4.90 Å². The van der Waals surface area contributed by atoms with Crippen molar-refractivity contribution in [3.05, 3.63) is 59.2 Å². The molecule has 2 aromatic rings. The largest absolute Gasteiger partial charge is 0.872 e. The number of Topliss-reactive ketones (excluding diaryl/α,β-unsaturated/α-hetero) is 1. The van der Waals surface area contributed by atoms with Crippen LogP contribution in [0.15, 0.2) is 48.0 Å². The predicted octanol–water partition coefficient (Wildman–Crippen LogP) is 1.02. The number of ketones is 1. The molecule has 0 radical (unpaired) electrons. The monoisotopic (exact) mass is 524 g/mol. The summed E-state index contributed by atoms with van der Waals surface area (Å²) in [7, 11) is 1.53. The number of likely N-dealkylation sites (tertiary alicyclic amines) is 1. The summed E-state index contributed by atoms with van der Waals surface area (Å²) in [6.45, 7) is 9.20. The molecule has 2 aliphatic heterocycles. The fourth-order valence-corrected chi connectivity index (χ4v) is 5.01. The van der Waals surface area contributed by atoms with E-state index in [2.05, 4.69) is 0 Å². The molecule has 1 amide bonds. The van der Waals surface area contributed by atoms with Gasteiger partial charge in [0.15, 0.2) is 11.5 Å². The van der Waals surface area contributed by atoms with Gasteiger partial charge in [0.1, 0.15) is 18.8 Å². The molecule has 204 valence electrons. The first kappa shape index (κ1) is 27.5. The van der Waals surface area contributed by atoms with Crippen LogP contribution in [0.3, 0.4) is 0 Å². The van der Waals surface area contributed by atoms with Gasteiger partial charge in [0.25, 0.3) is 5.91 Å². The van der Waals surface area contributed by atoms with Crippen LogP contribution in [-0.4, -0.2) is 76.3 Å². The van der Waals surface area contributed by atoms with E-state index >= 15 is 0 Å². The maximum Gasteiger partial charge on any atom is 0.295 e. The number of morpholine rings is 1. The van der Waals surface area contributed by atoms with Crippen molar-refractivity contribution in [2.45, 2.75) is 26.3 Å². The topological polar surface area (TPSA) is 102 Å². The lowest BCUT2D eigenvalue weighted by Gasteiger charge is -2.29. The summed E-state index contributed by atoms with van der Waals surface area (Å²) in [5, 5.41) is 13.7. The van der Waals surface area contributed by atoms with Gasteiger partial charge < -0.3 is 33.9 Å². The Bertz CT molecular complexity index is 1160. The molecule has 2 fully saturated rings. The zero-order valence-electron chi connectivity index (χ0n) is 22.3. The summed E-state index contributed by atoms with van der Waals surface area (Å²) in [6, 6.07) is 11.1. The van der Waals surface area contributed by atoms with E-state index in [0.29, 0.717) is 54.6 Å². The average molecular weight is 525 g/mol. The Morgan fingerprint density at radius 1 is 1.03 bits per heavy atom. The van der Waals surface area contributed by atoms with Gasteiger partial charge in [-0.1, -0.05) is 24.0 Å². The number of nitrogens with zero attached hydrogens (tertiary/aromatic N) is 1. The minimum Gasteiger partial charge on any atom is -0.872 e. The number of amides is 1. The molecule has 0 saturated carbocycles. The van der Waals surface area contributed by atoms with E-state index in [9.17, 15) is 14.7 Å². The molecule has 0 aromatic heterocycles. The number of hydrogen-bond acceptors (Lipinski definition) is 7. The highest BCUT2D eigenvalue weighted by Gasteiger charge is 2.44. The van der Waals surface area contributed by atoms with Crippen LogP contribution in [0.2, 0.25) is 0 Å². The number of quaternary nitrogens is 1. The van der Waals surface area contributed by atoms with Crippen LogP contribution in [0.4, 0.5) is 0 Å². The van der Waals surface area contributed by atoms with Gasteiger partial charge in [0.05, 0.1) is 46.1 Å². The quantitative estimate of drug-likeness (QED) is 0.266. The lowest BCUT2D eigenvalue weighted by molar-refractivity contribution is -0.908. The van der Waals surface area contributed by atoms with E-state index < -0.39 is 23.5 Å². The Hall–Kier alpha value is -3.56. The molecule has 2 aromatic carbocycles. The fraction of sp³-hybridized carbons (Fsp3) is 0.448. The lowest BCUT2D eigenvalue weighted by atomic mass is 9.95. The van der Waals surface area contributed by atoms with Gasteiger partial charge in [0.2, 0.25) is 5.78 Å². The van der Waals surface area contributed by atoms with E-state index in [1.165, 1.54) is 16.9 Å². The van der Waals surface area contributed by atoms with Crippen molar-refractivity contribution in [2.24, 2.45) is 0 Å². The minimum atomic E-state index is -0.821. The second-order valence-corrected chi connectivity index (χ2v) is 9.24. The molecule has 9 heteroatoms. The Labute approximate surface area is 223 Å². The number of ether oxygens (including phenoxy) is 4. The van der Waals surface area contributed by atoms with Gasteiger partial charge in [-0.2, -0.15) is 0 Å². The number of nitrogens with one attached hydrogen (secondary N) is 1. The summed E-state index contributed by atoms with van der Waals surface area (Å²) in [5.41, 5.74) is 0.897. The fourth-order valence-electron chi connectivity index (χ4n) is 5.01. The molecule has 4 rings (SSSR count). The second-order valence-electron chi connectivity index (χ2n) is 9.24. The molecular formula is C29H36N2O7. The highest BCUT2D eigenvalue weighted by Crippen LogP contribution is 2.41. The molecule has 0 spiro atoms. The summed E-state index contributed by atoms with van der Waals surface area (Å²) in [5.74, 6) is -0.235. The number of hydrogen-bond donors (Lipinski definition) is 1. The highest BCUT2D eigenvalue weighted by atomic mass is 16.5. The number of carbonyl (C=O) groups excluding carboxylic acids is 2. The first-order valence-electron chi connectivity index (χ1n) is 13.2. The number of methoxy groups -OCH3 is 1. The SMILES string of the molecule is CCOc1ccc(C([O-])=C2C(=O)C(=O)N(CCC[NH+]3CCOCC3)C2c2ccc(OCC)c(OC)c2)cc1. The van der Waals surface area contributed by atoms with Gasteiger partial charge in [0, 0.05) is 18.5 Å². The Kier molecular flexibility index (Phi) is 9.25. The predicted molar refractivity (Wildman–Crippen MR) is 139 cm³/mol. The zero-order chi connectivity index (χ0) is 27.1. The van der Waals surface area contributed by atoms with Gasteiger partial charge in [-0.3, -0.25) is 9.59 Å². The third-order valence-electron chi connectivity index (χ3n) is 6.89. The van der Waals surface area contributed by atoms with Gasteiger partial charge in [-0.25, -0.2) is 0 Å². The summed E-state index contributed by atoms with van der Waals surface area (Å²) in [4.78, 5) is 29.5. The smallest absolute Gasteiger partial charge is 0.295 e. The van der Waals surface area contributed by atoms with Crippen molar-refractivity contribution in [1.29, 1.82) is 0 Å². The molecule has 2 aliphatic rings. The number of benzene rings is 2. The van der Waals surface area contributed by atoms with E-state index in [1.807, 2.05) is 13.8 Å². The van der Waals surface area contributed by atoms with Crippen LogP contribution < -0.4 is 24.2 Å². The van der Waals surface area contributed by atoms with E-state index in [4.69, 9.17) is 18.9 Å². The molecule has 1 N–H and O–H groups in total. The van der Waals surface area contributed by atoms with Crippen LogP contribution in [0.1, 0.15) is 37.4 Å². The second kappa shape index (κ2) is 12.8. The lowest BCUT2D eigenvalue weighted by Crippen LogP contribution is -3.14. The standard InChI is InChI=1S/C29H36N2O7/c1-4-37-22-10-7-20(8-11-22)27(32)25-26(21-9-12-23(38-5-2)24(19-21)35-3)31(29(34)28(25)33)14-6-13-30-15-17-36-18-16-30/h7-12,19,26,32H,4-6,13-18H2,1-3H3. The Balaban J connectivity index is 1.71. The van der Waals surface area contributed by atoms with Crippen molar-refractivity contribution < 1.29 is 38.5 Å². The van der Waals surface area contributed by atoms with Crippen LogP contribution >= 0.6 is 0 Å². The van der Waals surface area contributed by atoms with Gasteiger partial charge in [-0.15, -0.1) is 0 Å². The third-order valence-corrected chi connectivity index (χ3v) is 6.89. The maximum atomic E-state index is 13.7. The average Bonchev–Trinajstić information content (AvgIpc) is 3.19. The van der Waals surface area contributed by atoms with Crippen LogP contribution in [0, 0.1) is 0 Å². The highest BCUT2D eigenvalue weighted by molar-refractivity contribution is 6.46. The van der Waals surface area contributed by atoms with E-state index in [1.54, 1.807) is 42.5 Å². The van der Waals surface area contributed by atoms with Crippen molar-refractivity contribution in [3.63, 3.8) is 0 Å². The van der Waals surface area contributed by atoms with Crippen LogP contribution in [0.5, 0.6) is 17.2 Å². The molecule has 0 aliphatic carbocycles. The Morgan fingerprint density at radius 2 is 1.74 bits per heavy atom. The summed E-state index contributed by atoms with van der Waals surface area (Å²) < 4.78 is 22.1. The van der Waals surface area contributed by atoms with E-state index in [0.717, 1.165) is 32.8 Å². The molecule has 0 bridgehead atoms. The van der Waals surface area contributed by atoms with Gasteiger partial charge in [-0.05, 0) is 49.2 Å². The molecule has 1 unspecified atom stereocenters. The maximum absolute atomic E-state index is 13.7. The minimum absolute atomic E-state index is 0.0518. The molecule has 1 atom stereocenters. The molecule has 2 saturated heterocycles. The van der Waals surface area contributed by atoms with Gasteiger partial charge >= 0.3 is 0 Å². The number of rotatable bonds is 11. The summed E-state index contributed by atoms with van der Waals surface area (Å²) in [6.07, 6.45) is 0.698. The first-order chi connectivity index (χ1) is 18.5. The van der Waals surface area contributed by atoms with Crippen LogP contribution in [-0.2, 0) is 14.3 Å². The Morgan fingerprint density at radius 3 is 2.39 bits per heavy atom. The summed E-state index contributed by atoms with van der Waals surface area (Å²) >= 11 is 0. The normalized spacial score (nSPS) is 19.6. The molecule has 2 heterocycles. The van der Waals surface area contributed by atoms with Crippen molar-refractivity contribution in [2.75, 3.05) is 59.7 Å². The van der Waals surface area contributed by atoms with Crippen molar-refractivity contribution >= 4 is 17.4 Å². The van der Waals surface area contributed by atoms with Crippen molar-refractivity contribution in [3.8, 4) is 17.2 Å². The molecule has 38 heavy (non-hydrogen) atoms. The van der Waals surface area contributed by atoms with Crippen LogP contribution in [0.25, 0.3) is 5.76 Å². The number of carbonyl (C=O) groups is 2. The van der Waals surface area contributed by atoms with E-state index in [-0.39, 0.29) is 5.57 Å². The first-order valence-corrected chi connectivity index (χ1v) is 13.2. The zero-order valence-corrected chi connectivity index (χ0v) is 22.3. The molecule has 9 nitrogen and oxygen atoms in total. The third kappa shape index (κ3) is 5.95. The molecular weight excluding hydrogens is 488 g/mol.